The quantitative estimate of drug-likeness (QED) is 0.187. The van der Waals surface area contributed by atoms with Crippen molar-refractivity contribution in [1.29, 1.82) is 0 Å². The number of ether oxygens (including phenoxy) is 1. The molecular formula is C49H31NO2. The predicted octanol–water partition coefficient (Wildman–Crippen LogP) is 13.2. The molecule has 0 bridgehead atoms. The van der Waals surface area contributed by atoms with Crippen LogP contribution in [-0.2, 0) is 5.41 Å². The Labute approximate surface area is 301 Å². The third-order valence-electron chi connectivity index (χ3n) is 10.9. The van der Waals surface area contributed by atoms with Gasteiger partial charge in [-0.25, -0.2) is 0 Å². The zero-order chi connectivity index (χ0) is 34.2. The second-order valence-electron chi connectivity index (χ2n) is 13.7. The molecule has 0 N–H and O–H groups in total. The van der Waals surface area contributed by atoms with Crippen molar-refractivity contribution in [2.75, 3.05) is 4.90 Å². The number of anilines is 3. The molecule has 0 radical (unpaired) electrons. The standard InChI is InChI=1S/C49H31NO2/c1-3-13-32(14-4-1)33-23-25-35(26-24-33)50(34-15-5-2-6-16-34)36-27-28-45-39(29-36)40-30-44-38(31-48(40)51-45)37-17-7-8-18-41(37)49(44)42-19-9-11-21-46(42)52-47-22-12-10-20-43(47)49/h1-31H. The average Bonchev–Trinajstić information content (AvgIpc) is 3.71. The van der Waals surface area contributed by atoms with Crippen molar-refractivity contribution in [3.05, 3.63) is 210 Å². The van der Waals surface area contributed by atoms with Crippen molar-refractivity contribution in [2.45, 2.75) is 5.41 Å². The van der Waals surface area contributed by atoms with Crippen molar-refractivity contribution < 1.29 is 9.15 Å². The van der Waals surface area contributed by atoms with E-state index in [0.29, 0.717) is 0 Å². The van der Waals surface area contributed by atoms with Crippen LogP contribution in [0.25, 0.3) is 44.2 Å². The lowest BCUT2D eigenvalue weighted by Crippen LogP contribution is -2.32. The largest absolute Gasteiger partial charge is 0.457 e. The first-order chi connectivity index (χ1) is 25.8. The number of hydrogen-bond acceptors (Lipinski definition) is 3. The van der Waals surface area contributed by atoms with Crippen molar-refractivity contribution in [3.8, 4) is 33.8 Å². The Balaban J connectivity index is 1.14. The van der Waals surface area contributed by atoms with Gasteiger partial charge in [0.1, 0.15) is 22.7 Å². The summed E-state index contributed by atoms with van der Waals surface area (Å²) < 4.78 is 13.2. The lowest BCUT2D eigenvalue weighted by molar-refractivity contribution is 0.436. The molecule has 2 heterocycles. The van der Waals surface area contributed by atoms with E-state index in [4.69, 9.17) is 9.15 Å². The third kappa shape index (κ3) is 4.08. The minimum atomic E-state index is -0.538. The monoisotopic (exact) mass is 665 g/mol. The van der Waals surface area contributed by atoms with E-state index < -0.39 is 5.41 Å². The van der Waals surface area contributed by atoms with E-state index in [2.05, 4.69) is 193 Å². The van der Waals surface area contributed by atoms with Gasteiger partial charge in [0.15, 0.2) is 0 Å². The van der Waals surface area contributed by atoms with E-state index in [0.717, 1.165) is 61.6 Å². The van der Waals surface area contributed by atoms with Crippen molar-refractivity contribution in [2.24, 2.45) is 0 Å². The predicted molar refractivity (Wildman–Crippen MR) is 211 cm³/mol. The van der Waals surface area contributed by atoms with Crippen molar-refractivity contribution >= 4 is 39.0 Å². The van der Waals surface area contributed by atoms with Gasteiger partial charge >= 0.3 is 0 Å². The lowest BCUT2D eigenvalue weighted by Gasteiger charge is -2.39. The molecule has 9 aromatic rings. The molecule has 2 aliphatic rings. The number of furan rings is 1. The first-order valence-corrected chi connectivity index (χ1v) is 17.8. The molecule has 3 nitrogen and oxygen atoms in total. The van der Waals surface area contributed by atoms with Crippen LogP contribution in [0.2, 0.25) is 0 Å². The second kappa shape index (κ2) is 11.1. The number of nitrogens with zero attached hydrogens (tertiary/aromatic N) is 1. The molecule has 244 valence electrons. The summed E-state index contributed by atoms with van der Waals surface area (Å²) in [5.41, 5.74) is 14.1. The zero-order valence-corrected chi connectivity index (χ0v) is 28.2. The van der Waals surface area contributed by atoms with Crippen LogP contribution in [0.5, 0.6) is 11.5 Å². The summed E-state index contributed by atoms with van der Waals surface area (Å²) in [7, 11) is 0. The highest BCUT2D eigenvalue weighted by atomic mass is 16.5. The van der Waals surface area contributed by atoms with Crippen LogP contribution >= 0.6 is 0 Å². The van der Waals surface area contributed by atoms with E-state index in [-0.39, 0.29) is 0 Å². The first kappa shape index (κ1) is 28.9. The summed E-state index contributed by atoms with van der Waals surface area (Å²) in [4.78, 5) is 2.32. The summed E-state index contributed by atoms with van der Waals surface area (Å²) in [5, 5.41) is 2.17. The summed E-state index contributed by atoms with van der Waals surface area (Å²) in [5.74, 6) is 1.78. The molecule has 0 amide bonds. The van der Waals surface area contributed by atoms with Gasteiger partial charge in [-0.15, -0.1) is 0 Å². The van der Waals surface area contributed by atoms with E-state index in [1.807, 2.05) is 0 Å². The smallest absolute Gasteiger partial charge is 0.136 e. The van der Waals surface area contributed by atoms with E-state index in [9.17, 15) is 0 Å². The van der Waals surface area contributed by atoms with Gasteiger partial charge in [-0.3, -0.25) is 0 Å². The molecule has 52 heavy (non-hydrogen) atoms. The van der Waals surface area contributed by atoms with Gasteiger partial charge in [-0.1, -0.05) is 121 Å². The Hall–Kier alpha value is -6.84. The van der Waals surface area contributed by atoms with Crippen molar-refractivity contribution in [1.82, 2.24) is 0 Å². The molecule has 1 aromatic heterocycles. The van der Waals surface area contributed by atoms with Crippen LogP contribution in [-0.4, -0.2) is 0 Å². The first-order valence-electron chi connectivity index (χ1n) is 17.8. The van der Waals surface area contributed by atoms with Crippen LogP contribution in [0, 0.1) is 0 Å². The molecule has 11 rings (SSSR count). The fourth-order valence-electron chi connectivity index (χ4n) is 8.71. The molecule has 0 unspecified atom stereocenters. The Morgan fingerprint density at radius 3 is 1.65 bits per heavy atom. The van der Waals surface area contributed by atoms with Gasteiger partial charge in [0, 0.05) is 39.0 Å². The topological polar surface area (TPSA) is 25.6 Å². The molecule has 8 aromatic carbocycles. The SMILES string of the molecule is c1ccc(-c2ccc(N(c3ccccc3)c3ccc4oc5cc6c(cc5c4c3)C3(c4ccccc4Oc4ccccc43)c3ccccc3-6)cc2)cc1. The maximum Gasteiger partial charge on any atom is 0.136 e. The van der Waals surface area contributed by atoms with Crippen LogP contribution in [0.4, 0.5) is 17.1 Å². The van der Waals surface area contributed by atoms with Gasteiger partial charge in [0.05, 0.1) is 5.41 Å². The molecule has 0 saturated carbocycles. The summed E-state index contributed by atoms with van der Waals surface area (Å²) in [6.45, 7) is 0. The number of fused-ring (bicyclic) bond motifs is 12. The second-order valence-corrected chi connectivity index (χ2v) is 13.7. The Kier molecular flexibility index (Phi) is 6.17. The van der Waals surface area contributed by atoms with E-state index in [1.165, 1.54) is 33.4 Å². The van der Waals surface area contributed by atoms with Gasteiger partial charge < -0.3 is 14.1 Å². The normalized spacial score (nSPS) is 13.3. The molecule has 0 atom stereocenters. The van der Waals surface area contributed by atoms with Gasteiger partial charge in [-0.05, 0) is 100 Å². The zero-order valence-electron chi connectivity index (χ0n) is 28.2. The summed E-state index contributed by atoms with van der Waals surface area (Å²) >= 11 is 0. The van der Waals surface area contributed by atoms with Gasteiger partial charge in [0.2, 0.25) is 0 Å². The summed E-state index contributed by atoms with van der Waals surface area (Å²) in [6.07, 6.45) is 0. The molecular weight excluding hydrogens is 635 g/mol. The van der Waals surface area contributed by atoms with Crippen LogP contribution in [0.3, 0.4) is 0 Å². The maximum atomic E-state index is 6.68. The van der Waals surface area contributed by atoms with Gasteiger partial charge in [-0.2, -0.15) is 0 Å². The fraction of sp³-hybridized carbons (Fsp3) is 0.0204. The third-order valence-corrected chi connectivity index (χ3v) is 10.9. The highest BCUT2D eigenvalue weighted by molar-refractivity contribution is 6.09. The number of hydrogen-bond donors (Lipinski definition) is 0. The van der Waals surface area contributed by atoms with Crippen LogP contribution < -0.4 is 9.64 Å². The Morgan fingerprint density at radius 1 is 0.365 bits per heavy atom. The Morgan fingerprint density at radius 2 is 0.923 bits per heavy atom. The average molecular weight is 666 g/mol. The molecule has 1 aliphatic carbocycles. The van der Waals surface area contributed by atoms with Crippen LogP contribution in [0.1, 0.15) is 22.3 Å². The van der Waals surface area contributed by atoms with E-state index >= 15 is 0 Å². The molecule has 1 spiro atoms. The van der Waals surface area contributed by atoms with Crippen molar-refractivity contribution in [3.63, 3.8) is 0 Å². The lowest BCUT2D eigenvalue weighted by atomic mass is 9.66. The van der Waals surface area contributed by atoms with Gasteiger partial charge in [0.25, 0.3) is 0 Å². The minimum Gasteiger partial charge on any atom is -0.457 e. The summed E-state index contributed by atoms with van der Waals surface area (Å²) in [6, 6.07) is 67.0. The maximum absolute atomic E-state index is 6.68. The van der Waals surface area contributed by atoms with E-state index in [1.54, 1.807) is 0 Å². The highest BCUT2D eigenvalue weighted by Crippen LogP contribution is 2.62. The highest BCUT2D eigenvalue weighted by Gasteiger charge is 2.51. The number of rotatable bonds is 4. The number of para-hydroxylation sites is 3. The fourth-order valence-corrected chi connectivity index (χ4v) is 8.71. The molecule has 1 aliphatic heterocycles. The van der Waals surface area contributed by atoms with Crippen LogP contribution in [0.15, 0.2) is 192 Å². The minimum absolute atomic E-state index is 0.538. The Bertz CT molecular complexity index is 2770. The number of benzene rings is 8. The molecule has 0 saturated heterocycles. The molecule has 3 heteroatoms. The molecule has 0 fully saturated rings.